The highest BCUT2D eigenvalue weighted by atomic mass is 16.4. The maximum atomic E-state index is 12.8. The lowest BCUT2D eigenvalue weighted by Gasteiger charge is -2.22. The number of carboxylic acids is 1. The molecule has 1 aromatic heterocycles. The number of benzene rings is 1. The van der Waals surface area contributed by atoms with E-state index in [-0.39, 0.29) is 18.4 Å². The summed E-state index contributed by atoms with van der Waals surface area (Å²) in [7, 11) is 0. The van der Waals surface area contributed by atoms with Crippen LogP contribution in [0.3, 0.4) is 0 Å². The van der Waals surface area contributed by atoms with Crippen LogP contribution in [0.5, 0.6) is 0 Å². The average Bonchev–Trinajstić information content (AvgIpc) is 2.91. The van der Waals surface area contributed by atoms with Crippen molar-refractivity contribution < 1.29 is 14.7 Å². The van der Waals surface area contributed by atoms with Crippen molar-refractivity contribution in [2.45, 2.75) is 44.7 Å². The van der Waals surface area contributed by atoms with Crippen molar-refractivity contribution in [3.63, 3.8) is 0 Å². The molecular weight excluding hydrogens is 368 g/mol. The van der Waals surface area contributed by atoms with Gasteiger partial charge in [-0.3, -0.25) is 4.79 Å². The van der Waals surface area contributed by atoms with Gasteiger partial charge in [0.2, 0.25) is 0 Å². The number of carboxylic acid groups (broad SMARTS) is 1. The number of hydrogen-bond donors (Lipinski definition) is 3. The van der Waals surface area contributed by atoms with E-state index in [2.05, 4.69) is 21.7 Å². The van der Waals surface area contributed by atoms with Gasteiger partial charge in [0.05, 0.1) is 18.7 Å². The second kappa shape index (κ2) is 8.51. The Morgan fingerprint density at radius 3 is 2.93 bits per heavy atom. The molecule has 1 aromatic carbocycles. The fraction of sp³-hybridized carbons (Fsp3) is 0.409. The second-order valence-electron chi connectivity index (χ2n) is 7.70. The minimum Gasteiger partial charge on any atom is -0.481 e. The van der Waals surface area contributed by atoms with Crippen molar-refractivity contribution in [3.8, 4) is 0 Å². The normalized spacial score (nSPS) is 18.1. The highest BCUT2D eigenvalue weighted by Gasteiger charge is 2.26. The molecule has 7 heteroatoms. The van der Waals surface area contributed by atoms with Crippen LogP contribution in [0.15, 0.2) is 36.4 Å². The molecule has 0 spiro atoms. The van der Waals surface area contributed by atoms with Crippen LogP contribution in [0.2, 0.25) is 0 Å². The van der Waals surface area contributed by atoms with E-state index in [1.165, 1.54) is 5.56 Å². The van der Waals surface area contributed by atoms with Crippen LogP contribution < -0.4 is 10.6 Å². The lowest BCUT2D eigenvalue weighted by molar-refractivity contribution is -0.137. The first-order valence-electron chi connectivity index (χ1n) is 10.1. The van der Waals surface area contributed by atoms with Gasteiger partial charge in [-0.2, -0.15) is 0 Å². The van der Waals surface area contributed by atoms with Gasteiger partial charge in [0.1, 0.15) is 5.82 Å². The van der Waals surface area contributed by atoms with Crippen molar-refractivity contribution in [1.82, 2.24) is 15.2 Å². The Morgan fingerprint density at radius 2 is 2.07 bits per heavy atom. The molecule has 152 valence electrons. The molecule has 3 heterocycles. The van der Waals surface area contributed by atoms with Gasteiger partial charge in [-0.05, 0) is 47.9 Å². The zero-order valence-corrected chi connectivity index (χ0v) is 16.4. The van der Waals surface area contributed by atoms with Gasteiger partial charge in [-0.15, -0.1) is 0 Å². The summed E-state index contributed by atoms with van der Waals surface area (Å²) in [5, 5.41) is 15.5. The Hall–Kier alpha value is -3.09. The summed E-state index contributed by atoms with van der Waals surface area (Å²) in [6, 6.07) is 11.7. The number of anilines is 1. The summed E-state index contributed by atoms with van der Waals surface area (Å²) >= 11 is 0. The average molecular weight is 394 g/mol. The number of amides is 2. The molecule has 2 aliphatic heterocycles. The Balaban J connectivity index is 1.42. The summed E-state index contributed by atoms with van der Waals surface area (Å²) in [5.74, 6) is 0.0351. The van der Waals surface area contributed by atoms with Gasteiger partial charge >= 0.3 is 12.0 Å². The number of urea groups is 1. The molecule has 0 aliphatic carbocycles. The molecule has 29 heavy (non-hydrogen) atoms. The van der Waals surface area contributed by atoms with Gasteiger partial charge in [0, 0.05) is 19.6 Å². The summed E-state index contributed by atoms with van der Waals surface area (Å²) in [5.41, 5.74) is 4.10. The number of hydrogen-bond acceptors (Lipinski definition) is 4. The minimum absolute atomic E-state index is 0.0742. The molecule has 0 saturated carbocycles. The molecule has 4 rings (SSSR count). The van der Waals surface area contributed by atoms with E-state index in [9.17, 15) is 14.7 Å². The number of aryl methyl sites for hydroxylation is 1. The van der Waals surface area contributed by atoms with Crippen LogP contribution in [-0.2, 0) is 24.3 Å². The smallest absolute Gasteiger partial charge is 0.318 e. The predicted octanol–water partition coefficient (Wildman–Crippen LogP) is 3.11. The summed E-state index contributed by atoms with van der Waals surface area (Å²) in [4.78, 5) is 30.4. The lowest BCUT2D eigenvalue weighted by atomic mass is 9.90. The maximum Gasteiger partial charge on any atom is 0.318 e. The third kappa shape index (κ3) is 4.50. The molecule has 0 saturated heterocycles. The monoisotopic (exact) mass is 394 g/mol. The van der Waals surface area contributed by atoms with E-state index in [4.69, 9.17) is 0 Å². The molecule has 0 radical (unpaired) electrons. The Labute approximate surface area is 170 Å². The van der Waals surface area contributed by atoms with Crippen LogP contribution in [-0.4, -0.2) is 40.1 Å². The Kier molecular flexibility index (Phi) is 5.64. The number of aromatic nitrogens is 1. The van der Waals surface area contributed by atoms with Gasteiger partial charge in [0.15, 0.2) is 0 Å². The van der Waals surface area contributed by atoms with E-state index < -0.39 is 5.97 Å². The van der Waals surface area contributed by atoms with Crippen LogP contribution in [0.1, 0.15) is 47.6 Å². The first-order chi connectivity index (χ1) is 14.1. The van der Waals surface area contributed by atoms with Crippen molar-refractivity contribution in [3.05, 3.63) is 58.8 Å². The van der Waals surface area contributed by atoms with Gasteiger partial charge < -0.3 is 20.6 Å². The number of rotatable bonds is 4. The first-order valence-corrected chi connectivity index (χ1v) is 10.1. The van der Waals surface area contributed by atoms with Crippen molar-refractivity contribution in [2.75, 3.05) is 18.4 Å². The standard InChI is InChI=1S/C22H26N4O3/c27-20(28)12-16-9-11-26(14-17-4-1-2-6-19(16)17)22(29)24-13-18-8-7-15-5-3-10-23-21(15)25-18/h1-2,4,6-8,16H,3,5,9-14H2,(H,23,25)(H,24,29)(H,27,28). The molecule has 7 nitrogen and oxygen atoms in total. The summed E-state index contributed by atoms with van der Waals surface area (Å²) < 4.78 is 0. The van der Waals surface area contributed by atoms with Crippen LogP contribution in [0.4, 0.5) is 10.6 Å². The molecule has 0 fully saturated rings. The third-order valence-corrected chi connectivity index (χ3v) is 5.68. The fourth-order valence-electron chi connectivity index (χ4n) is 4.17. The zero-order valence-electron chi connectivity index (χ0n) is 16.4. The van der Waals surface area contributed by atoms with Gasteiger partial charge in [-0.1, -0.05) is 30.3 Å². The van der Waals surface area contributed by atoms with E-state index in [1.807, 2.05) is 30.3 Å². The highest BCUT2D eigenvalue weighted by Crippen LogP contribution is 2.31. The maximum absolute atomic E-state index is 12.8. The van der Waals surface area contributed by atoms with Crippen molar-refractivity contribution in [1.29, 1.82) is 0 Å². The number of carbonyl (C=O) groups excluding carboxylic acids is 1. The van der Waals surface area contributed by atoms with Crippen LogP contribution in [0, 0.1) is 0 Å². The van der Waals surface area contributed by atoms with Crippen LogP contribution in [0.25, 0.3) is 0 Å². The Bertz CT molecular complexity index is 915. The second-order valence-corrected chi connectivity index (χ2v) is 7.70. The predicted molar refractivity (Wildman–Crippen MR) is 110 cm³/mol. The molecule has 2 amide bonds. The number of aliphatic carboxylic acids is 1. The third-order valence-electron chi connectivity index (χ3n) is 5.68. The number of fused-ring (bicyclic) bond motifs is 2. The largest absolute Gasteiger partial charge is 0.481 e. The Morgan fingerprint density at radius 1 is 1.21 bits per heavy atom. The minimum atomic E-state index is -0.810. The lowest BCUT2D eigenvalue weighted by Crippen LogP contribution is -2.39. The first kappa shape index (κ1) is 19.2. The SMILES string of the molecule is O=C(O)CC1CCN(C(=O)NCc2ccc3c(n2)NCCC3)Cc2ccccc21. The summed E-state index contributed by atoms with van der Waals surface area (Å²) in [6.45, 7) is 2.31. The highest BCUT2D eigenvalue weighted by molar-refractivity contribution is 5.74. The fourth-order valence-corrected chi connectivity index (χ4v) is 4.17. The van der Waals surface area contributed by atoms with E-state index in [1.54, 1.807) is 4.90 Å². The van der Waals surface area contributed by atoms with E-state index in [0.29, 0.717) is 26.1 Å². The molecule has 2 aliphatic rings. The molecule has 0 bridgehead atoms. The molecule has 1 atom stereocenters. The molecular formula is C22H26N4O3. The number of nitrogens with zero attached hydrogens (tertiary/aromatic N) is 2. The number of pyridine rings is 1. The van der Waals surface area contributed by atoms with E-state index in [0.717, 1.165) is 42.0 Å². The topological polar surface area (TPSA) is 94.6 Å². The number of nitrogens with one attached hydrogen (secondary N) is 2. The van der Waals surface area contributed by atoms with Crippen molar-refractivity contribution in [2.24, 2.45) is 0 Å². The quantitative estimate of drug-likeness (QED) is 0.741. The molecule has 3 N–H and O–H groups in total. The van der Waals surface area contributed by atoms with Crippen molar-refractivity contribution >= 4 is 17.8 Å². The van der Waals surface area contributed by atoms with Gasteiger partial charge in [-0.25, -0.2) is 9.78 Å². The summed E-state index contributed by atoms with van der Waals surface area (Å²) in [6.07, 6.45) is 2.87. The van der Waals surface area contributed by atoms with Crippen LogP contribution >= 0.6 is 0 Å². The molecule has 2 aromatic rings. The van der Waals surface area contributed by atoms with Gasteiger partial charge in [0.25, 0.3) is 0 Å². The molecule has 1 unspecified atom stereocenters. The number of carbonyl (C=O) groups is 2. The van der Waals surface area contributed by atoms with E-state index >= 15 is 0 Å². The zero-order chi connectivity index (χ0) is 20.2.